The molecule has 8 nitrogen and oxygen atoms in total. The van der Waals surface area contributed by atoms with Gasteiger partial charge in [-0.25, -0.2) is 13.1 Å². The second-order valence-corrected chi connectivity index (χ2v) is 8.52. The summed E-state index contributed by atoms with van der Waals surface area (Å²) < 4.78 is 32.3. The summed E-state index contributed by atoms with van der Waals surface area (Å²) in [6.07, 6.45) is 1.56. The number of Topliss-reactive ketones (excluding diaryl/α,β-unsaturated/α-hetero) is 1. The van der Waals surface area contributed by atoms with Crippen molar-refractivity contribution in [2.75, 3.05) is 13.1 Å². The van der Waals surface area contributed by atoms with Crippen molar-refractivity contribution >= 4 is 21.7 Å². The average molecular weight is 406 g/mol. The summed E-state index contributed by atoms with van der Waals surface area (Å²) in [4.78, 5) is 26.1. The van der Waals surface area contributed by atoms with Crippen LogP contribution in [0.2, 0.25) is 0 Å². The summed E-state index contributed by atoms with van der Waals surface area (Å²) in [5.41, 5.74) is 1.63. The number of aliphatic hydroxyl groups excluding tert-OH is 1. The number of hydrogen-bond acceptors (Lipinski definition) is 6. The fourth-order valence-electron chi connectivity index (χ4n) is 3.02. The van der Waals surface area contributed by atoms with Gasteiger partial charge in [-0.3, -0.25) is 9.59 Å². The third kappa shape index (κ3) is 4.49. The molecule has 1 aromatic heterocycles. The van der Waals surface area contributed by atoms with Crippen LogP contribution in [-0.2, 0) is 27.8 Å². The molecule has 0 radical (unpaired) electrons. The van der Waals surface area contributed by atoms with Gasteiger partial charge in [0.15, 0.2) is 5.76 Å². The number of hydrogen-bond donors (Lipinski definition) is 2. The molecule has 1 aliphatic heterocycles. The van der Waals surface area contributed by atoms with Gasteiger partial charge >= 0.3 is 0 Å². The van der Waals surface area contributed by atoms with E-state index in [0.717, 1.165) is 5.56 Å². The van der Waals surface area contributed by atoms with E-state index in [1.165, 1.54) is 35.4 Å². The van der Waals surface area contributed by atoms with Crippen molar-refractivity contribution in [3.8, 4) is 0 Å². The summed E-state index contributed by atoms with van der Waals surface area (Å²) in [5.74, 6) is -1.42. The topological polar surface area (TPSA) is 117 Å². The van der Waals surface area contributed by atoms with Crippen molar-refractivity contribution in [1.29, 1.82) is 0 Å². The van der Waals surface area contributed by atoms with Crippen molar-refractivity contribution in [2.45, 2.75) is 37.3 Å². The molecule has 0 spiro atoms. The molecule has 0 unspecified atom stereocenters. The maximum atomic E-state index is 12.5. The molecule has 3 rings (SSSR count). The van der Waals surface area contributed by atoms with Crippen LogP contribution in [-0.4, -0.2) is 49.3 Å². The fourth-order valence-corrected chi connectivity index (χ4v) is 4.11. The van der Waals surface area contributed by atoms with Crippen molar-refractivity contribution in [3.63, 3.8) is 0 Å². The monoisotopic (exact) mass is 406 g/mol. The highest BCUT2D eigenvalue weighted by Crippen LogP contribution is 2.23. The van der Waals surface area contributed by atoms with Gasteiger partial charge in [-0.05, 0) is 55.2 Å². The number of amides is 1. The average Bonchev–Trinajstić information content (AvgIpc) is 3.20. The van der Waals surface area contributed by atoms with Crippen molar-refractivity contribution in [2.24, 2.45) is 0 Å². The quantitative estimate of drug-likeness (QED) is 0.525. The van der Waals surface area contributed by atoms with E-state index in [2.05, 4.69) is 4.72 Å². The predicted octanol–water partition coefficient (Wildman–Crippen LogP) is 1.10. The lowest BCUT2D eigenvalue weighted by Crippen LogP contribution is -2.40. The molecular weight excluding hydrogens is 384 g/mol. The van der Waals surface area contributed by atoms with Crippen LogP contribution >= 0.6 is 0 Å². The summed E-state index contributed by atoms with van der Waals surface area (Å²) in [5, 5.41) is 9.27. The molecule has 2 aromatic rings. The van der Waals surface area contributed by atoms with Crippen LogP contribution in [0.25, 0.3) is 0 Å². The molecule has 2 N–H and O–H groups in total. The van der Waals surface area contributed by atoms with E-state index in [1.54, 1.807) is 13.0 Å². The van der Waals surface area contributed by atoms with Gasteiger partial charge in [0.1, 0.15) is 0 Å². The highest BCUT2D eigenvalue weighted by atomic mass is 32.2. The number of carbonyl (C=O) groups excluding carboxylic acids is 2. The maximum Gasteiger partial charge on any atom is 0.298 e. The molecule has 28 heavy (non-hydrogen) atoms. The van der Waals surface area contributed by atoms with Crippen LogP contribution in [0, 0.1) is 0 Å². The van der Waals surface area contributed by atoms with Gasteiger partial charge in [0.25, 0.3) is 11.7 Å². The van der Waals surface area contributed by atoms with Crippen molar-refractivity contribution in [3.05, 3.63) is 53.5 Å². The lowest BCUT2D eigenvalue weighted by Gasteiger charge is -2.28. The molecule has 0 fully saturated rings. The SMILES string of the molecule is C[C@H](O)CCNS(=O)(=O)c1ccc2c(c1)CN(C(=O)C(=O)c1ccco1)CC2. The smallest absolute Gasteiger partial charge is 0.298 e. The number of nitrogens with zero attached hydrogens (tertiary/aromatic N) is 1. The van der Waals surface area contributed by atoms with Gasteiger partial charge in [-0.2, -0.15) is 0 Å². The van der Waals surface area contributed by atoms with Crippen molar-refractivity contribution in [1.82, 2.24) is 9.62 Å². The van der Waals surface area contributed by atoms with E-state index in [1.807, 2.05) is 0 Å². The molecule has 0 saturated heterocycles. The Morgan fingerprint density at radius 3 is 2.75 bits per heavy atom. The summed E-state index contributed by atoms with van der Waals surface area (Å²) in [6.45, 7) is 2.23. The number of nitrogens with one attached hydrogen (secondary N) is 1. The summed E-state index contributed by atoms with van der Waals surface area (Å²) in [6, 6.07) is 7.75. The highest BCUT2D eigenvalue weighted by molar-refractivity contribution is 7.89. The van der Waals surface area contributed by atoms with Crippen LogP contribution < -0.4 is 4.72 Å². The summed E-state index contributed by atoms with van der Waals surface area (Å²) >= 11 is 0. The second kappa shape index (κ2) is 8.26. The Balaban J connectivity index is 1.74. The molecule has 0 saturated carbocycles. The Labute approximate surface area is 163 Å². The standard InChI is InChI=1S/C19H22N2O6S/c1-13(22)6-8-20-28(25,26)16-5-4-14-7-9-21(12-15(14)11-16)19(24)18(23)17-3-2-10-27-17/h2-5,10-11,13,20,22H,6-9,12H2,1H3/t13-/m0/s1. The zero-order valence-corrected chi connectivity index (χ0v) is 16.2. The van der Waals surface area contributed by atoms with Gasteiger partial charge in [0, 0.05) is 19.6 Å². The number of ketones is 1. The Bertz CT molecular complexity index is 966. The molecule has 1 atom stereocenters. The van der Waals surface area contributed by atoms with Crippen LogP contribution in [0.4, 0.5) is 0 Å². The van der Waals surface area contributed by atoms with E-state index >= 15 is 0 Å². The lowest BCUT2D eigenvalue weighted by atomic mass is 9.99. The van der Waals surface area contributed by atoms with E-state index in [9.17, 15) is 23.1 Å². The highest BCUT2D eigenvalue weighted by Gasteiger charge is 2.29. The summed E-state index contributed by atoms with van der Waals surface area (Å²) in [7, 11) is -3.73. The van der Waals surface area contributed by atoms with E-state index in [0.29, 0.717) is 24.9 Å². The number of carbonyl (C=O) groups is 2. The van der Waals surface area contributed by atoms with Gasteiger partial charge in [-0.1, -0.05) is 6.07 Å². The van der Waals surface area contributed by atoms with E-state index in [4.69, 9.17) is 4.42 Å². The third-order valence-electron chi connectivity index (χ3n) is 4.58. The Hall–Kier alpha value is -2.49. The van der Waals surface area contributed by atoms with Crippen LogP contribution in [0.15, 0.2) is 45.9 Å². The van der Waals surface area contributed by atoms with Gasteiger partial charge in [0.2, 0.25) is 10.0 Å². The molecule has 0 aliphatic carbocycles. The Kier molecular flexibility index (Phi) is 5.97. The Morgan fingerprint density at radius 1 is 1.29 bits per heavy atom. The molecule has 150 valence electrons. The van der Waals surface area contributed by atoms with Crippen LogP contribution in [0.3, 0.4) is 0 Å². The molecular formula is C19H22N2O6S. The first-order chi connectivity index (χ1) is 13.3. The van der Waals surface area contributed by atoms with Gasteiger partial charge in [-0.15, -0.1) is 0 Å². The van der Waals surface area contributed by atoms with E-state index in [-0.39, 0.29) is 23.7 Å². The number of aliphatic hydroxyl groups is 1. The first-order valence-corrected chi connectivity index (χ1v) is 10.4. The zero-order chi connectivity index (χ0) is 20.3. The fraction of sp³-hybridized carbons (Fsp3) is 0.368. The zero-order valence-electron chi connectivity index (χ0n) is 15.4. The minimum Gasteiger partial charge on any atom is -0.461 e. The predicted molar refractivity (Wildman–Crippen MR) is 100 cm³/mol. The first-order valence-electron chi connectivity index (χ1n) is 8.94. The molecule has 1 amide bonds. The number of benzene rings is 1. The third-order valence-corrected chi connectivity index (χ3v) is 6.04. The van der Waals surface area contributed by atoms with E-state index < -0.39 is 27.8 Å². The number of rotatable bonds is 7. The van der Waals surface area contributed by atoms with Crippen molar-refractivity contribution < 1.29 is 27.5 Å². The Morgan fingerprint density at radius 2 is 2.07 bits per heavy atom. The van der Waals surface area contributed by atoms with Gasteiger partial charge < -0.3 is 14.4 Å². The molecule has 0 bridgehead atoms. The second-order valence-electron chi connectivity index (χ2n) is 6.75. The molecule has 9 heteroatoms. The minimum absolute atomic E-state index is 0.0190. The number of furan rings is 1. The minimum atomic E-state index is -3.73. The van der Waals surface area contributed by atoms with Crippen LogP contribution in [0.5, 0.6) is 0 Å². The number of fused-ring (bicyclic) bond motifs is 1. The molecule has 1 aromatic carbocycles. The molecule has 1 aliphatic rings. The largest absolute Gasteiger partial charge is 0.461 e. The molecule has 2 heterocycles. The maximum absolute atomic E-state index is 12.5. The van der Waals surface area contributed by atoms with Crippen LogP contribution in [0.1, 0.15) is 35.0 Å². The number of sulfonamides is 1. The van der Waals surface area contributed by atoms with Gasteiger partial charge in [0.05, 0.1) is 17.3 Å². The normalized spacial score (nSPS) is 15.1. The lowest BCUT2D eigenvalue weighted by molar-refractivity contribution is -0.127. The first kappa shape index (κ1) is 20.2.